The Morgan fingerprint density at radius 3 is 2.58 bits per heavy atom. The number of amides is 2. The minimum Gasteiger partial charge on any atom is -0.453 e. The maximum absolute atomic E-state index is 13.2. The first-order valence-corrected chi connectivity index (χ1v) is 7.70. The summed E-state index contributed by atoms with van der Waals surface area (Å²) >= 11 is 0. The number of ether oxygens (including phenoxy) is 1. The van der Waals surface area contributed by atoms with Crippen molar-refractivity contribution in [2.75, 3.05) is 25.7 Å². The van der Waals surface area contributed by atoms with Crippen molar-refractivity contribution >= 4 is 17.5 Å². The van der Waals surface area contributed by atoms with Crippen LogP contribution in [0.15, 0.2) is 48.5 Å². The van der Waals surface area contributed by atoms with Gasteiger partial charge in [0.05, 0.1) is 23.5 Å². The lowest BCUT2D eigenvalue weighted by Crippen LogP contribution is -2.59. The van der Waals surface area contributed by atoms with Crippen molar-refractivity contribution in [3.63, 3.8) is 0 Å². The summed E-state index contributed by atoms with van der Waals surface area (Å²) in [4.78, 5) is 29.3. The maximum atomic E-state index is 13.2. The Hall–Kier alpha value is -2.86. The lowest BCUT2D eigenvalue weighted by molar-refractivity contribution is -0.136. The number of nitrogens with zero attached hydrogens (tertiary/aromatic N) is 2. The average Bonchev–Trinajstić information content (AvgIpc) is 2.78. The molecule has 2 aromatic rings. The fraction of sp³-hybridized carbons (Fsp3) is 0.222. The Labute approximate surface area is 139 Å². The summed E-state index contributed by atoms with van der Waals surface area (Å²) in [5, 5.41) is 2.79. The molecule has 4 rings (SSSR count). The number of para-hydroxylation sites is 2. The SMILES string of the molecule is CN(C)CN1C(=O)[C@@]2(NC(=O)c3ccccc3O2)c2ccccc21. The molecule has 0 bridgehead atoms. The summed E-state index contributed by atoms with van der Waals surface area (Å²) in [6, 6.07) is 14.3. The lowest BCUT2D eigenvalue weighted by atomic mass is 10.0. The van der Waals surface area contributed by atoms with Crippen LogP contribution in [0.25, 0.3) is 0 Å². The largest absolute Gasteiger partial charge is 0.453 e. The van der Waals surface area contributed by atoms with Crippen LogP contribution in [0.4, 0.5) is 5.69 Å². The van der Waals surface area contributed by atoms with E-state index < -0.39 is 5.72 Å². The first-order chi connectivity index (χ1) is 11.5. The van der Waals surface area contributed by atoms with E-state index in [-0.39, 0.29) is 11.8 Å². The van der Waals surface area contributed by atoms with Crippen molar-refractivity contribution in [2.45, 2.75) is 5.72 Å². The van der Waals surface area contributed by atoms with Crippen molar-refractivity contribution in [1.29, 1.82) is 0 Å². The standard InChI is InChI=1S/C18H17N3O3/c1-20(2)11-21-14-9-5-4-8-13(14)18(17(21)23)19-16(22)12-7-3-6-10-15(12)24-18/h3-10H,11H2,1-2H3,(H,19,22)/t18-/m1/s1. The van der Waals surface area contributed by atoms with E-state index in [4.69, 9.17) is 4.74 Å². The molecular weight excluding hydrogens is 306 g/mol. The molecule has 6 heteroatoms. The third-order valence-electron chi connectivity index (χ3n) is 4.23. The van der Waals surface area contributed by atoms with Crippen molar-refractivity contribution in [2.24, 2.45) is 0 Å². The molecule has 0 saturated heterocycles. The summed E-state index contributed by atoms with van der Waals surface area (Å²) in [7, 11) is 3.77. The summed E-state index contributed by atoms with van der Waals surface area (Å²) in [6.07, 6.45) is 0. The molecule has 24 heavy (non-hydrogen) atoms. The van der Waals surface area contributed by atoms with Crippen molar-refractivity contribution in [3.8, 4) is 5.75 Å². The summed E-state index contributed by atoms with van der Waals surface area (Å²) in [6.45, 7) is 0.401. The van der Waals surface area contributed by atoms with Crippen LogP contribution in [0.3, 0.4) is 0 Å². The third kappa shape index (κ3) is 1.93. The number of nitrogens with one attached hydrogen (secondary N) is 1. The average molecular weight is 323 g/mol. The summed E-state index contributed by atoms with van der Waals surface area (Å²) < 4.78 is 6.06. The Morgan fingerprint density at radius 2 is 1.79 bits per heavy atom. The van der Waals surface area contributed by atoms with Gasteiger partial charge >= 0.3 is 0 Å². The number of anilines is 1. The van der Waals surface area contributed by atoms with Crippen LogP contribution in [0.2, 0.25) is 0 Å². The molecule has 0 aromatic heterocycles. The number of benzene rings is 2. The van der Waals surface area contributed by atoms with Gasteiger partial charge in [-0.15, -0.1) is 0 Å². The Morgan fingerprint density at radius 1 is 1.08 bits per heavy atom. The van der Waals surface area contributed by atoms with Gasteiger partial charge in [-0.25, -0.2) is 0 Å². The number of hydrogen-bond acceptors (Lipinski definition) is 4. The van der Waals surface area contributed by atoms with E-state index in [1.165, 1.54) is 0 Å². The van der Waals surface area contributed by atoms with Crippen LogP contribution in [0.5, 0.6) is 5.75 Å². The number of carbonyl (C=O) groups excluding carboxylic acids is 2. The molecule has 0 fully saturated rings. The van der Waals surface area contributed by atoms with Gasteiger partial charge in [-0.2, -0.15) is 0 Å². The van der Waals surface area contributed by atoms with Gasteiger partial charge in [0.15, 0.2) is 0 Å². The molecule has 1 spiro atoms. The smallest absolute Gasteiger partial charge is 0.299 e. The molecule has 2 aliphatic rings. The number of fused-ring (bicyclic) bond motifs is 3. The van der Waals surface area contributed by atoms with Gasteiger partial charge in [0.2, 0.25) is 0 Å². The number of carbonyl (C=O) groups is 2. The van der Waals surface area contributed by atoms with Crippen LogP contribution in [0.1, 0.15) is 15.9 Å². The van der Waals surface area contributed by atoms with E-state index in [2.05, 4.69) is 5.32 Å². The summed E-state index contributed by atoms with van der Waals surface area (Å²) in [5.41, 5.74) is 0.327. The Kier molecular flexibility index (Phi) is 3.11. The van der Waals surface area contributed by atoms with Crippen molar-refractivity contribution in [3.05, 3.63) is 59.7 Å². The molecule has 1 N–H and O–H groups in total. The Bertz CT molecular complexity index is 849. The van der Waals surface area contributed by atoms with Gasteiger partial charge in [-0.1, -0.05) is 30.3 Å². The predicted octanol–water partition coefficient (Wildman–Crippen LogP) is 1.53. The molecule has 0 aliphatic carbocycles. The van der Waals surface area contributed by atoms with E-state index >= 15 is 0 Å². The fourth-order valence-corrected chi connectivity index (χ4v) is 3.22. The molecular formula is C18H17N3O3. The van der Waals surface area contributed by atoms with Gasteiger partial charge in [-0.05, 0) is 32.3 Å². The van der Waals surface area contributed by atoms with Crippen LogP contribution in [-0.2, 0) is 10.5 Å². The molecule has 6 nitrogen and oxygen atoms in total. The molecule has 0 saturated carbocycles. The number of rotatable bonds is 2. The fourth-order valence-electron chi connectivity index (χ4n) is 3.22. The molecule has 1 atom stereocenters. The quantitative estimate of drug-likeness (QED) is 0.910. The van der Waals surface area contributed by atoms with E-state index in [1.54, 1.807) is 29.2 Å². The maximum Gasteiger partial charge on any atom is 0.299 e. The highest BCUT2D eigenvalue weighted by Gasteiger charge is 2.56. The second kappa shape index (κ2) is 5.07. The Balaban J connectivity index is 1.87. The molecule has 2 heterocycles. The molecule has 0 radical (unpaired) electrons. The monoisotopic (exact) mass is 323 g/mol. The van der Waals surface area contributed by atoms with Crippen LogP contribution in [0, 0.1) is 0 Å². The minimum absolute atomic E-state index is 0.291. The second-order valence-electron chi connectivity index (χ2n) is 6.20. The zero-order valence-corrected chi connectivity index (χ0v) is 13.4. The third-order valence-corrected chi connectivity index (χ3v) is 4.23. The molecule has 0 unspecified atom stereocenters. The molecule has 122 valence electrons. The van der Waals surface area contributed by atoms with Gasteiger partial charge in [0.1, 0.15) is 5.75 Å². The van der Waals surface area contributed by atoms with E-state index in [1.807, 2.05) is 43.3 Å². The topological polar surface area (TPSA) is 61.9 Å². The van der Waals surface area contributed by atoms with Gasteiger partial charge in [0, 0.05) is 0 Å². The highest BCUT2D eigenvalue weighted by molar-refractivity contribution is 6.11. The van der Waals surface area contributed by atoms with Crippen LogP contribution < -0.4 is 15.0 Å². The first-order valence-electron chi connectivity index (χ1n) is 7.70. The molecule has 2 aliphatic heterocycles. The lowest BCUT2D eigenvalue weighted by Gasteiger charge is -2.35. The predicted molar refractivity (Wildman–Crippen MR) is 88.7 cm³/mol. The first kappa shape index (κ1) is 14.7. The van der Waals surface area contributed by atoms with Gasteiger partial charge < -0.3 is 10.1 Å². The van der Waals surface area contributed by atoms with Crippen molar-refractivity contribution < 1.29 is 14.3 Å². The van der Waals surface area contributed by atoms with Crippen LogP contribution in [-0.4, -0.2) is 37.5 Å². The zero-order valence-electron chi connectivity index (χ0n) is 13.4. The van der Waals surface area contributed by atoms with E-state index in [0.29, 0.717) is 23.5 Å². The normalized spacial score (nSPS) is 21.5. The summed E-state index contributed by atoms with van der Waals surface area (Å²) in [5.74, 6) is -0.192. The minimum atomic E-state index is -1.50. The van der Waals surface area contributed by atoms with E-state index in [0.717, 1.165) is 5.69 Å². The van der Waals surface area contributed by atoms with Crippen molar-refractivity contribution in [1.82, 2.24) is 10.2 Å². The highest BCUT2D eigenvalue weighted by Crippen LogP contribution is 2.44. The van der Waals surface area contributed by atoms with Gasteiger partial charge in [0.25, 0.3) is 17.5 Å². The number of hydrogen-bond donors (Lipinski definition) is 1. The van der Waals surface area contributed by atoms with E-state index in [9.17, 15) is 9.59 Å². The second-order valence-corrected chi connectivity index (χ2v) is 6.20. The highest BCUT2D eigenvalue weighted by atomic mass is 16.5. The van der Waals surface area contributed by atoms with Crippen LogP contribution >= 0.6 is 0 Å². The molecule has 2 aromatic carbocycles. The molecule has 2 amide bonds. The van der Waals surface area contributed by atoms with Gasteiger partial charge in [-0.3, -0.25) is 19.4 Å². The zero-order chi connectivity index (χ0) is 16.9.